The predicted octanol–water partition coefficient (Wildman–Crippen LogP) is 0.497. The van der Waals surface area contributed by atoms with E-state index in [4.69, 9.17) is 11.0 Å². The maximum atomic E-state index is 8.59. The highest BCUT2D eigenvalue weighted by atomic mass is 15.1. The molecule has 0 bridgehead atoms. The number of hydrogen-bond donors (Lipinski definition) is 2. The van der Waals surface area contributed by atoms with Crippen molar-refractivity contribution < 1.29 is 0 Å². The Morgan fingerprint density at radius 2 is 2.50 bits per heavy atom. The number of aromatic nitrogens is 2. The van der Waals surface area contributed by atoms with Crippen molar-refractivity contribution in [3.05, 3.63) is 18.0 Å². The van der Waals surface area contributed by atoms with Crippen molar-refractivity contribution in [1.82, 2.24) is 9.97 Å². The Kier molecular flexibility index (Phi) is 3.83. The fourth-order valence-corrected chi connectivity index (χ4v) is 0.873. The second-order valence-electron chi connectivity index (χ2n) is 2.93. The number of hydrogen-bond acceptors (Lipinski definition) is 5. The van der Waals surface area contributed by atoms with Crippen molar-refractivity contribution >= 4 is 5.95 Å². The van der Waals surface area contributed by atoms with Crippen LogP contribution in [0, 0.1) is 11.3 Å². The Hall–Kier alpha value is -1.67. The van der Waals surface area contributed by atoms with Gasteiger partial charge < -0.3 is 11.1 Å². The van der Waals surface area contributed by atoms with E-state index < -0.39 is 0 Å². The van der Waals surface area contributed by atoms with Crippen LogP contribution >= 0.6 is 0 Å². The summed E-state index contributed by atoms with van der Waals surface area (Å²) in [6.07, 6.45) is 2.44. The molecule has 14 heavy (non-hydrogen) atoms. The van der Waals surface area contributed by atoms with Gasteiger partial charge in [-0.25, -0.2) is 9.97 Å². The summed E-state index contributed by atoms with van der Waals surface area (Å²) in [6.45, 7) is 2.63. The third kappa shape index (κ3) is 2.99. The second kappa shape index (κ2) is 5.14. The maximum absolute atomic E-state index is 8.59. The molecular formula is C9H13N5. The molecule has 1 aromatic rings. The number of nitriles is 1. The summed E-state index contributed by atoms with van der Waals surface area (Å²) in [7, 11) is 0. The van der Waals surface area contributed by atoms with E-state index >= 15 is 0 Å². The first-order valence-electron chi connectivity index (χ1n) is 4.49. The first-order valence-corrected chi connectivity index (χ1v) is 4.49. The van der Waals surface area contributed by atoms with Gasteiger partial charge in [-0.3, -0.25) is 0 Å². The summed E-state index contributed by atoms with van der Waals surface area (Å²) >= 11 is 0. The Bertz CT molecular complexity index is 330. The molecule has 1 aromatic heterocycles. The fourth-order valence-electron chi connectivity index (χ4n) is 0.873. The van der Waals surface area contributed by atoms with Gasteiger partial charge in [-0.2, -0.15) is 5.26 Å². The molecule has 5 heteroatoms. The van der Waals surface area contributed by atoms with E-state index in [9.17, 15) is 0 Å². The van der Waals surface area contributed by atoms with Crippen molar-refractivity contribution in [2.45, 2.75) is 19.4 Å². The topological polar surface area (TPSA) is 87.6 Å². The first kappa shape index (κ1) is 10.4. The molecule has 0 radical (unpaired) electrons. The maximum Gasteiger partial charge on any atom is 0.223 e. The van der Waals surface area contributed by atoms with Crippen molar-refractivity contribution in [2.24, 2.45) is 5.73 Å². The zero-order valence-electron chi connectivity index (χ0n) is 8.07. The zero-order chi connectivity index (χ0) is 10.4. The minimum absolute atomic E-state index is 0.0874. The lowest BCUT2D eigenvalue weighted by molar-refractivity contribution is 0.676. The van der Waals surface area contributed by atoms with Crippen LogP contribution in [0.2, 0.25) is 0 Å². The molecule has 3 N–H and O–H groups in total. The van der Waals surface area contributed by atoms with Crippen LogP contribution in [0.3, 0.4) is 0 Å². The van der Waals surface area contributed by atoms with Gasteiger partial charge in [0.25, 0.3) is 0 Å². The van der Waals surface area contributed by atoms with Gasteiger partial charge >= 0.3 is 0 Å². The van der Waals surface area contributed by atoms with Crippen molar-refractivity contribution in [2.75, 3.05) is 11.9 Å². The van der Waals surface area contributed by atoms with E-state index in [0.717, 1.165) is 6.42 Å². The summed E-state index contributed by atoms with van der Waals surface area (Å²) in [4.78, 5) is 7.92. The summed E-state index contributed by atoms with van der Waals surface area (Å²) in [5, 5.41) is 11.6. The number of rotatable bonds is 4. The van der Waals surface area contributed by atoms with Gasteiger partial charge in [0, 0.05) is 18.8 Å². The molecule has 0 aromatic carbocycles. The molecule has 1 heterocycles. The molecule has 0 fully saturated rings. The average Bonchev–Trinajstić information content (AvgIpc) is 2.26. The summed E-state index contributed by atoms with van der Waals surface area (Å²) in [5.41, 5.74) is 6.06. The smallest absolute Gasteiger partial charge is 0.223 e. The lowest BCUT2D eigenvalue weighted by Crippen LogP contribution is -2.28. The Morgan fingerprint density at radius 1 is 1.71 bits per heavy atom. The van der Waals surface area contributed by atoms with Gasteiger partial charge in [0.15, 0.2) is 0 Å². The van der Waals surface area contributed by atoms with E-state index in [2.05, 4.69) is 15.3 Å². The molecule has 5 nitrogen and oxygen atoms in total. The molecule has 74 valence electrons. The van der Waals surface area contributed by atoms with Crippen molar-refractivity contribution in [1.29, 1.82) is 5.26 Å². The third-order valence-electron chi connectivity index (χ3n) is 1.82. The lowest BCUT2D eigenvalue weighted by Gasteiger charge is -2.09. The number of nitrogens with one attached hydrogen (secondary N) is 1. The average molecular weight is 191 g/mol. The van der Waals surface area contributed by atoms with Gasteiger partial charge in [0.1, 0.15) is 11.8 Å². The summed E-state index contributed by atoms with van der Waals surface area (Å²) in [6, 6.07) is 3.59. The third-order valence-corrected chi connectivity index (χ3v) is 1.82. The molecule has 0 spiro atoms. The van der Waals surface area contributed by atoms with Gasteiger partial charge in [0.05, 0.1) is 0 Å². The van der Waals surface area contributed by atoms with Crippen LogP contribution in [-0.4, -0.2) is 22.6 Å². The Labute approximate surface area is 83.0 Å². The van der Waals surface area contributed by atoms with Gasteiger partial charge in [-0.15, -0.1) is 0 Å². The number of nitrogens with zero attached hydrogens (tertiary/aromatic N) is 3. The van der Waals surface area contributed by atoms with Crippen LogP contribution in [0.25, 0.3) is 0 Å². The SMILES string of the molecule is CCC(N)CNc1nccc(C#N)n1. The van der Waals surface area contributed by atoms with Crippen LogP contribution in [0.15, 0.2) is 12.3 Å². The number of anilines is 1. The normalized spacial score (nSPS) is 11.8. The standard InChI is InChI=1S/C9H13N5/c1-2-7(11)6-13-9-12-4-3-8(5-10)14-9/h3-4,7H,2,6,11H2,1H3,(H,12,13,14). The quantitative estimate of drug-likeness (QED) is 0.723. The Balaban J connectivity index is 2.55. The minimum atomic E-state index is 0.0874. The molecule has 1 unspecified atom stereocenters. The fraction of sp³-hybridized carbons (Fsp3) is 0.444. The van der Waals surface area contributed by atoms with Gasteiger partial charge in [-0.1, -0.05) is 6.92 Å². The van der Waals surface area contributed by atoms with E-state index in [0.29, 0.717) is 18.2 Å². The minimum Gasteiger partial charge on any atom is -0.353 e. The molecule has 0 aliphatic heterocycles. The van der Waals surface area contributed by atoms with Crippen molar-refractivity contribution in [3.63, 3.8) is 0 Å². The van der Waals surface area contributed by atoms with E-state index in [-0.39, 0.29) is 6.04 Å². The van der Waals surface area contributed by atoms with E-state index in [1.807, 2.05) is 13.0 Å². The van der Waals surface area contributed by atoms with Gasteiger partial charge in [0.2, 0.25) is 5.95 Å². The van der Waals surface area contributed by atoms with E-state index in [1.165, 1.54) is 0 Å². The van der Waals surface area contributed by atoms with Gasteiger partial charge in [-0.05, 0) is 12.5 Å². The Morgan fingerprint density at radius 3 is 3.14 bits per heavy atom. The monoisotopic (exact) mass is 191 g/mol. The summed E-state index contributed by atoms with van der Waals surface area (Å²) in [5.74, 6) is 0.452. The predicted molar refractivity (Wildman–Crippen MR) is 53.5 cm³/mol. The molecule has 1 rings (SSSR count). The molecular weight excluding hydrogens is 178 g/mol. The van der Waals surface area contributed by atoms with Crippen molar-refractivity contribution in [3.8, 4) is 6.07 Å². The molecule has 1 atom stereocenters. The highest BCUT2D eigenvalue weighted by Crippen LogP contribution is 1.99. The zero-order valence-corrected chi connectivity index (χ0v) is 8.07. The molecule has 0 aliphatic rings. The van der Waals surface area contributed by atoms with Crippen LogP contribution in [0.5, 0.6) is 0 Å². The molecule has 0 aliphatic carbocycles. The molecule has 0 saturated carbocycles. The second-order valence-corrected chi connectivity index (χ2v) is 2.93. The molecule has 0 saturated heterocycles. The largest absolute Gasteiger partial charge is 0.353 e. The van der Waals surface area contributed by atoms with E-state index in [1.54, 1.807) is 12.3 Å². The van der Waals surface area contributed by atoms with Crippen LogP contribution in [0.4, 0.5) is 5.95 Å². The molecule has 0 amide bonds. The van der Waals surface area contributed by atoms with Crippen LogP contribution in [-0.2, 0) is 0 Å². The number of nitrogens with two attached hydrogens (primary N) is 1. The summed E-state index contributed by atoms with van der Waals surface area (Å²) < 4.78 is 0. The first-order chi connectivity index (χ1) is 6.76. The van der Waals surface area contributed by atoms with Crippen LogP contribution < -0.4 is 11.1 Å². The lowest BCUT2D eigenvalue weighted by atomic mass is 10.2. The van der Waals surface area contributed by atoms with Crippen LogP contribution in [0.1, 0.15) is 19.0 Å². The highest BCUT2D eigenvalue weighted by molar-refractivity contribution is 5.30. The highest BCUT2D eigenvalue weighted by Gasteiger charge is 2.01.